The van der Waals surface area contributed by atoms with Crippen molar-refractivity contribution < 1.29 is 14.3 Å². The fraction of sp³-hybridized carbons (Fsp3) is 0.500. The summed E-state index contributed by atoms with van der Waals surface area (Å²) in [4.78, 5) is 11.6. The molecule has 0 heterocycles. The highest BCUT2D eigenvalue weighted by atomic mass is 16.5. The van der Waals surface area contributed by atoms with Crippen LogP contribution in [0.1, 0.15) is 24.5 Å². The summed E-state index contributed by atoms with van der Waals surface area (Å²) in [6.07, 6.45) is 0.311. The topological polar surface area (TPSA) is 73.6 Å². The third kappa shape index (κ3) is 4.44. The van der Waals surface area contributed by atoms with Gasteiger partial charge in [-0.15, -0.1) is 0 Å². The molecule has 1 aromatic carbocycles. The van der Waals surface area contributed by atoms with Gasteiger partial charge in [-0.05, 0) is 31.5 Å². The SMILES string of the molecule is COc1cc(CNC(=O)CC(C)N)c(OC)cc1C. The van der Waals surface area contributed by atoms with Gasteiger partial charge in [0.05, 0.1) is 14.2 Å². The molecule has 1 rings (SSSR count). The maximum atomic E-state index is 11.6. The van der Waals surface area contributed by atoms with Gasteiger partial charge in [0.2, 0.25) is 5.91 Å². The van der Waals surface area contributed by atoms with Crippen molar-refractivity contribution in [2.45, 2.75) is 32.9 Å². The van der Waals surface area contributed by atoms with E-state index in [9.17, 15) is 4.79 Å². The molecule has 0 aromatic heterocycles. The van der Waals surface area contributed by atoms with E-state index in [1.807, 2.05) is 19.1 Å². The van der Waals surface area contributed by atoms with Gasteiger partial charge in [-0.25, -0.2) is 0 Å². The molecule has 5 heteroatoms. The first-order chi connectivity index (χ1) is 8.97. The number of methoxy groups -OCH3 is 2. The maximum Gasteiger partial charge on any atom is 0.221 e. The number of carbonyl (C=O) groups is 1. The van der Waals surface area contributed by atoms with Gasteiger partial charge in [-0.2, -0.15) is 0 Å². The minimum Gasteiger partial charge on any atom is -0.496 e. The molecule has 0 aliphatic heterocycles. The number of hydrogen-bond acceptors (Lipinski definition) is 4. The molecule has 0 radical (unpaired) electrons. The average Bonchev–Trinajstić information content (AvgIpc) is 2.35. The van der Waals surface area contributed by atoms with Crippen LogP contribution in [0, 0.1) is 6.92 Å². The van der Waals surface area contributed by atoms with Crippen molar-refractivity contribution in [1.82, 2.24) is 5.32 Å². The number of aryl methyl sites for hydroxylation is 1. The molecular formula is C14H22N2O3. The molecule has 19 heavy (non-hydrogen) atoms. The Kier molecular flexibility index (Phi) is 5.63. The molecule has 0 aliphatic carbocycles. The fourth-order valence-electron chi connectivity index (χ4n) is 1.81. The first-order valence-electron chi connectivity index (χ1n) is 6.21. The lowest BCUT2D eigenvalue weighted by atomic mass is 10.1. The molecule has 0 bridgehead atoms. The molecule has 1 amide bonds. The maximum absolute atomic E-state index is 11.6. The van der Waals surface area contributed by atoms with Crippen molar-refractivity contribution in [2.24, 2.45) is 5.73 Å². The van der Waals surface area contributed by atoms with Crippen molar-refractivity contribution in [3.63, 3.8) is 0 Å². The molecule has 1 aromatic rings. The Morgan fingerprint density at radius 3 is 2.47 bits per heavy atom. The second-order valence-corrected chi connectivity index (χ2v) is 4.59. The zero-order valence-corrected chi connectivity index (χ0v) is 11.9. The molecule has 5 nitrogen and oxygen atoms in total. The van der Waals surface area contributed by atoms with E-state index in [1.54, 1.807) is 21.1 Å². The Labute approximate surface area is 114 Å². The van der Waals surface area contributed by atoms with Gasteiger partial charge in [0, 0.05) is 24.6 Å². The van der Waals surface area contributed by atoms with Gasteiger partial charge in [-0.1, -0.05) is 0 Å². The predicted octanol–water partition coefficient (Wildman–Crippen LogP) is 1.37. The molecule has 0 fully saturated rings. The first-order valence-corrected chi connectivity index (χ1v) is 6.21. The van der Waals surface area contributed by atoms with Crippen LogP contribution in [0.2, 0.25) is 0 Å². The Bertz CT molecular complexity index is 445. The van der Waals surface area contributed by atoms with Gasteiger partial charge in [0.25, 0.3) is 0 Å². The number of rotatable bonds is 6. The third-order valence-corrected chi connectivity index (χ3v) is 2.78. The molecule has 0 aliphatic rings. The van der Waals surface area contributed by atoms with E-state index >= 15 is 0 Å². The van der Waals surface area contributed by atoms with Crippen LogP contribution in [0.25, 0.3) is 0 Å². The van der Waals surface area contributed by atoms with Crippen LogP contribution < -0.4 is 20.5 Å². The van der Waals surface area contributed by atoms with E-state index in [0.29, 0.717) is 13.0 Å². The van der Waals surface area contributed by atoms with Crippen LogP contribution in [0.5, 0.6) is 11.5 Å². The van der Waals surface area contributed by atoms with Gasteiger partial charge in [-0.3, -0.25) is 4.79 Å². The highest BCUT2D eigenvalue weighted by Crippen LogP contribution is 2.28. The summed E-state index contributed by atoms with van der Waals surface area (Å²) in [7, 11) is 3.22. The van der Waals surface area contributed by atoms with E-state index in [1.165, 1.54) is 0 Å². The molecule has 0 spiro atoms. The van der Waals surface area contributed by atoms with Crippen molar-refractivity contribution in [3.8, 4) is 11.5 Å². The monoisotopic (exact) mass is 266 g/mol. The summed E-state index contributed by atoms with van der Waals surface area (Å²) in [6.45, 7) is 4.14. The van der Waals surface area contributed by atoms with Crippen LogP contribution in [0.4, 0.5) is 0 Å². The third-order valence-electron chi connectivity index (χ3n) is 2.78. The largest absolute Gasteiger partial charge is 0.496 e. The van der Waals surface area contributed by atoms with Gasteiger partial charge in [0.15, 0.2) is 0 Å². The van der Waals surface area contributed by atoms with Crippen molar-refractivity contribution in [2.75, 3.05) is 14.2 Å². The van der Waals surface area contributed by atoms with Crippen LogP contribution >= 0.6 is 0 Å². The standard InChI is InChI=1S/C14H22N2O3/c1-9-5-13(19-4)11(7-12(9)18-3)8-16-14(17)6-10(2)15/h5,7,10H,6,8,15H2,1-4H3,(H,16,17). The van der Waals surface area contributed by atoms with Crippen molar-refractivity contribution in [3.05, 3.63) is 23.3 Å². The lowest BCUT2D eigenvalue weighted by molar-refractivity contribution is -0.121. The lowest BCUT2D eigenvalue weighted by Gasteiger charge is -2.14. The quantitative estimate of drug-likeness (QED) is 0.815. The van der Waals surface area contributed by atoms with E-state index in [0.717, 1.165) is 22.6 Å². The highest BCUT2D eigenvalue weighted by Gasteiger charge is 2.10. The lowest BCUT2D eigenvalue weighted by Crippen LogP contribution is -2.29. The summed E-state index contributed by atoms with van der Waals surface area (Å²) in [5, 5.41) is 2.82. The van der Waals surface area contributed by atoms with Crippen LogP contribution in [0.15, 0.2) is 12.1 Å². The minimum absolute atomic E-state index is 0.0726. The zero-order chi connectivity index (χ0) is 14.4. The smallest absolute Gasteiger partial charge is 0.221 e. The Morgan fingerprint density at radius 2 is 1.95 bits per heavy atom. The summed E-state index contributed by atoms with van der Waals surface area (Å²) in [5.74, 6) is 1.44. The molecule has 1 unspecified atom stereocenters. The van der Waals surface area contributed by atoms with E-state index in [4.69, 9.17) is 15.2 Å². The normalized spacial score (nSPS) is 11.8. The summed E-state index contributed by atoms with van der Waals surface area (Å²) in [6, 6.07) is 3.63. The molecule has 106 valence electrons. The van der Waals surface area contributed by atoms with Crippen molar-refractivity contribution in [1.29, 1.82) is 0 Å². The second kappa shape index (κ2) is 6.99. The molecule has 3 N–H and O–H groups in total. The Hall–Kier alpha value is -1.75. The average molecular weight is 266 g/mol. The fourth-order valence-corrected chi connectivity index (χ4v) is 1.81. The van der Waals surface area contributed by atoms with E-state index < -0.39 is 0 Å². The van der Waals surface area contributed by atoms with Gasteiger partial charge < -0.3 is 20.5 Å². The second-order valence-electron chi connectivity index (χ2n) is 4.59. The Balaban J connectivity index is 2.79. The number of amides is 1. The van der Waals surface area contributed by atoms with Gasteiger partial charge >= 0.3 is 0 Å². The molecular weight excluding hydrogens is 244 g/mol. The summed E-state index contributed by atoms with van der Waals surface area (Å²) < 4.78 is 10.6. The number of nitrogens with two attached hydrogens (primary N) is 1. The van der Waals surface area contributed by atoms with Crippen LogP contribution in [0.3, 0.4) is 0 Å². The number of benzene rings is 1. The Morgan fingerprint density at radius 1 is 1.32 bits per heavy atom. The van der Waals surface area contributed by atoms with E-state index in [-0.39, 0.29) is 11.9 Å². The zero-order valence-electron chi connectivity index (χ0n) is 11.9. The molecule has 0 saturated heterocycles. The molecule has 0 saturated carbocycles. The number of carbonyl (C=O) groups excluding carboxylic acids is 1. The van der Waals surface area contributed by atoms with Crippen LogP contribution in [-0.4, -0.2) is 26.2 Å². The number of nitrogens with one attached hydrogen (secondary N) is 1. The minimum atomic E-state index is -0.144. The number of ether oxygens (including phenoxy) is 2. The van der Waals surface area contributed by atoms with Gasteiger partial charge in [0.1, 0.15) is 11.5 Å². The van der Waals surface area contributed by atoms with E-state index in [2.05, 4.69) is 5.32 Å². The van der Waals surface area contributed by atoms with Crippen LogP contribution in [-0.2, 0) is 11.3 Å². The number of hydrogen-bond donors (Lipinski definition) is 2. The first kappa shape index (κ1) is 15.3. The summed E-state index contributed by atoms with van der Waals surface area (Å²) >= 11 is 0. The van der Waals surface area contributed by atoms with Crippen molar-refractivity contribution >= 4 is 5.91 Å². The predicted molar refractivity (Wildman–Crippen MR) is 74.4 cm³/mol. The summed E-state index contributed by atoms with van der Waals surface area (Å²) in [5.41, 5.74) is 7.45. The highest BCUT2D eigenvalue weighted by molar-refractivity contribution is 5.76. The molecule has 1 atom stereocenters.